The molecule has 1 heterocycles. The number of sulfonamides is 1. The Bertz CT molecular complexity index is 1300. The van der Waals surface area contributed by atoms with Crippen LogP contribution in [0.4, 0.5) is 5.82 Å². The van der Waals surface area contributed by atoms with Gasteiger partial charge in [0.15, 0.2) is 5.82 Å². The topological polar surface area (TPSA) is 87.6 Å². The lowest BCUT2D eigenvalue weighted by Crippen LogP contribution is -2.32. The number of hydrogen-bond donors (Lipinski definition) is 1. The Hall–Kier alpha value is -2.71. The molecule has 1 aromatic heterocycles. The first-order chi connectivity index (χ1) is 15.3. The highest BCUT2D eigenvalue weighted by Crippen LogP contribution is 2.36. The molecular formula is C25H30N2O4S2. The fourth-order valence-electron chi connectivity index (χ4n) is 3.61. The number of carboxylic acids is 1. The number of carbonyl (C=O) groups is 1. The number of hydrogen-bond acceptors (Lipinski definition) is 5. The van der Waals surface area contributed by atoms with E-state index in [4.69, 9.17) is 0 Å². The summed E-state index contributed by atoms with van der Waals surface area (Å²) < 4.78 is 28.4. The molecule has 0 atom stereocenters. The molecule has 0 aliphatic carbocycles. The normalized spacial score (nSPS) is 12.1. The summed E-state index contributed by atoms with van der Waals surface area (Å²) in [4.78, 5) is 17.1. The predicted molar refractivity (Wildman–Crippen MR) is 134 cm³/mol. The summed E-state index contributed by atoms with van der Waals surface area (Å²) in [5, 5.41) is 10.3. The summed E-state index contributed by atoms with van der Waals surface area (Å²) in [5.41, 5.74) is 3.32. The summed E-state index contributed by atoms with van der Waals surface area (Å²) in [6, 6.07) is 10.9. The summed E-state index contributed by atoms with van der Waals surface area (Å²) in [5.74, 6) is -0.783. The van der Waals surface area contributed by atoms with Crippen molar-refractivity contribution in [1.82, 2.24) is 4.98 Å². The lowest BCUT2D eigenvalue weighted by Gasteiger charge is -2.22. The van der Waals surface area contributed by atoms with E-state index in [1.54, 1.807) is 20.8 Å². The molecule has 0 aliphatic rings. The molecule has 0 fully saturated rings. The number of carboxylic acid groups (broad SMARTS) is 1. The maximum Gasteiger partial charge on any atom is 0.336 e. The van der Waals surface area contributed by atoms with Crippen LogP contribution in [0.1, 0.15) is 59.6 Å². The lowest BCUT2D eigenvalue weighted by atomic mass is 9.87. The third-order valence-corrected chi connectivity index (χ3v) is 8.60. The van der Waals surface area contributed by atoms with Crippen LogP contribution in [0.2, 0.25) is 0 Å². The number of aromatic nitrogens is 1. The van der Waals surface area contributed by atoms with E-state index in [-0.39, 0.29) is 22.4 Å². The maximum absolute atomic E-state index is 13.6. The summed E-state index contributed by atoms with van der Waals surface area (Å²) in [7, 11) is -4.00. The Kier molecular flexibility index (Phi) is 6.73. The largest absolute Gasteiger partial charge is 0.478 e. The molecule has 2 aromatic carbocycles. The Balaban J connectivity index is 2.06. The van der Waals surface area contributed by atoms with Gasteiger partial charge in [0.1, 0.15) is 5.01 Å². The van der Waals surface area contributed by atoms with E-state index in [0.29, 0.717) is 16.9 Å². The zero-order valence-corrected chi connectivity index (χ0v) is 21.7. The molecule has 3 rings (SSSR count). The zero-order chi connectivity index (χ0) is 24.7. The van der Waals surface area contributed by atoms with Gasteiger partial charge in [-0.1, -0.05) is 45.0 Å². The standard InChI is InChI=1S/C25H30N2O4S2/c1-8-27(33(30,31)20-13-15(2)16(3)21(14-20)24(28)29)22-17(4)32-23(26-22)18-9-11-19(12-10-18)25(5,6)7/h9-14H,8H2,1-7H3,(H,28,29). The van der Waals surface area contributed by atoms with Crippen molar-refractivity contribution in [3.63, 3.8) is 0 Å². The Labute approximate surface area is 200 Å². The number of nitrogens with zero attached hydrogens (tertiary/aromatic N) is 2. The second kappa shape index (κ2) is 8.91. The SMILES string of the molecule is CCN(c1nc(-c2ccc(C(C)(C)C)cc2)sc1C)S(=O)(=O)c1cc(C)c(C)c(C(=O)O)c1. The first kappa shape index (κ1) is 24.9. The van der Waals surface area contributed by atoms with E-state index in [2.05, 4.69) is 37.9 Å². The minimum atomic E-state index is -4.00. The molecule has 0 aliphatic heterocycles. The van der Waals surface area contributed by atoms with Gasteiger partial charge in [0.05, 0.1) is 10.5 Å². The number of aryl methyl sites for hydroxylation is 2. The van der Waals surface area contributed by atoms with Crippen LogP contribution >= 0.6 is 11.3 Å². The Morgan fingerprint density at radius 2 is 1.70 bits per heavy atom. The second-order valence-corrected chi connectivity index (χ2v) is 12.2. The van der Waals surface area contributed by atoms with Crippen LogP contribution in [0.15, 0.2) is 41.3 Å². The number of rotatable bonds is 6. The first-order valence-corrected chi connectivity index (χ1v) is 13.0. The summed E-state index contributed by atoms with van der Waals surface area (Å²) in [6.45, 7) is 13.6. The van der Waals surface area contributed by atoms with Crippen molar-refractivity contribution in [2.24, 2.45) is 0 Å². The van der Waals surface area contributed by atoms with Gasteiger partial charge in [-0.2, -0.15) is 0 Å². The molecule has 0 saturated heterocycles. The van der Waals surface area contributed by atoms with Gasteiger partial charge in [-0.3, -0.25) is 0 Å². The van der Waals surface area contributed by atoms with Crippen LogP contribution in [-0.2, 0) is 15.4 Å². The van der Waals surface area contributed by atoms with Crippen LogP contribution < -0.4 is 4.31 Å². The van der Waals surface area contributed by atoms with Crippen molar-refractivity contribution in [2.45, 2.75) is 58.8 Å². The van der Waals surface area contributed by atoms with Gasteiger partial charge in [0, 0.05) is 17.0 Å². The van der Waals surface area contributed by atoms with E-state index in [1.807, 2.05) is 19.1 Å². The summed E-state index contributed by atoms with van der Waals surface area (Å²) >= 11 is 1.44. The third-order valence-electron chi connectivity index (χ3n) is 5.75. The highest BCUT2D eigenvalue weighted by molar-refractivity contribution is 7.92. The highest BCUT2D eigenvalue weighted by Gasteiger charge is 2.29. The molecule has 33 heavy (non-hydrogen) atoms. The molecule has 0 unspecified atom stereocenters. The zero-order valence-electron chi connectivity index (χ0n) is 20.1. The number of benzene rings is 2. The average Bonchev–Trinajstić information content (AvgIpc) is 3.10. The minimum Gasteiger partial charge on any atom is -0.478 e. The van der Waals surface area contributed by atoms with Gasteiger partial charge in [-0.05, 0) is 61.9 Å². The molecule has 0 spiro atoms. The molecule has 0 bridgehead atoms. The van der Waals surface area contributed by atoms with E-state index >= 15 is 0 Å². The molecular weight excluding hydrogens is 456 g/mol. The van der Waals surface area contributed by atoms with Crippen molar-refractivity contribution >= 4 is 33.1 Å². The monoisotopic (exact) mass is 486 g/mol. The smallest absolute Gasteiger partial charge is 0.336 e. The molecule has 6 nitrogen and oxygen atoms in total. The fourth-order valence-corrected chi connectivity index (χ4v) is 6.19. The molecule has 3 aromatic rings. The van der Waals surface area contributed by atoms with Crippen molar-refractivity contribution < 1.29 is 18.3 Å². The van der Waals surface area contributed by atoms with Crippen molar-refractivity contribution in [2.75, 3.05) is 10.8 Å². The fraction of sp³-hybridized carbons (Fsp3) is 0.360. The van der Waals surface area contributed by atoms with Crippen molar-refractivity contribution in [3.05, 3.63) is 63.5 Å². The number of anilines is 1. The van der Waals surface area contributed by atoms with Gasteiger partial charge in [-0.15, -0.1) is 11.3 Å². The average molecular weight is 487 g/mol. The Morgan fingerprint density at radius 3 is 2.21 bits per heavy atom. The molecule has 0 amide bonds. The second-order valence-electron chi connectivity index (χ2n) is 9.11. The van der Waals surface area contributed by atoms with Crippen LogP contribution in [0.5, 0.6) is 0 Å². The quantitative estimate of drug-likeness (QED) is 0.465. The van der Waals surface area contributed by atoms with Crippen molar-refractivity contribution in [1.29, 1.82) is 0 Å². The lowest BCUT2D eigenvalue weighted by molar-refractivity contribution is 0.0695. The number of thiazole rings is 1. The molecule has 1 N–H and O–H groups in total. The van der Waals surface area contributed by atoms with Crippen molar-refractivity contribution in [3.8, 4) is 10.6 Å². The molecule has 8 heteroatoms. The van der Waals surface area contributed by atoms with E-state index in [9.17, 15) is 18.3 Å². The van der Waals surface area contributed by atoms with Crippen LogP contribution in [0.25, 0.3) is 10.6 Å². The van der Waals surface area contributed by atoms with Gasteiger partial charge in [0.25, 0.3) is 10.0 Å². The molecule has 0 saturated carbocycles. The van der Waals surface area contributed by atoms with Crippen LogP contribution in [0, 0.1) is 20.8 Å². The minimum absolute atomic E-state index is 0.0146. The van der Waals surface area contributed by atoms with Crippen LogP contribution in [0.3, 0.4) is 0 Å². The maximum atomic E-state index is 13.6. The number of aromatic carboxylic acids is 1. The van der Waals surface area contributed by atoms with E-state index in [0.717, 1.165) is 15.4 Å². The van der Waals surface area contributed by atoms with E-state index < -0.39 is 16.0 Å². The highest BCUT2D eigenvalue weighted by atomic mass is 32.2. The van der Waals surface area contributed by atoms with Gasteiger partial charge >= 0.3 is 5.97 Å². The molecule has 176 valence electrons. The van der Waals surface area contributed by atoms with E-state index in [1.165, 1.54) is 33.3 Å². The first-order valence-electron chi connectivity index (χ1n) is 10.7. The molecule has 0 radical (unpaired) electrons. The van der Waals surface area contributed by atoms with Crippen LogP contribution in [-0.4, -0.2) is 31.0 Å². The predicted octanol–water partition coefficient (Wildman–Crippen LogP) is 5.95. The van der Waals surface area contributed by atoms with Gasteiger partial charge in [-0.25, -0.2) is 22.5 Å². The summed E-state index contributed by atoms with van der Waals surface area (Å²) in [6.07, 6.45) is 0. The third kappa shape index (κ3) is 4.82. The van der Waals surface area contributed by atoms with Gasteiger partial charge < -0.3 is 5.11 Å². The Morgan fingerprint density at radius 1 is 1.09 bits per heavy atom. The van der Waals surface area contributed by atoms with Gasteiger partial charge in [0.2, 0.25) is 0 Å².